The van der Waals surface area contributed by atoms with Crippen LogP contribution in [0.2, 0.25) is 0 Å². The van der Waals surface area contributed by atoms with Crippen LogP contribution in [-0.4, -0.2) is 17.1 Å². The molecule has 0 fully saturated rings. The highest BCUT2D eigenvalue weighted by Gasteiger charge is 2.20. The second-order valence-electron chi connectivity index (χ2n) is 6.58. The van der Waals surface area contributed by atoms with E-state index >= 15 is 0 Å². The zero-order valence-corrected chi connectivity index (χ0v) is 16.5. The zero-order valence-electron chi connectivity index (χ0n) is 14.9. The number of halogens is 1. The molecule has 0 unspecified atom stereocenters. The first-order chi connectivity index (χ1) is 12.6. The van der Waals surface area contributed by atoms with Gasteiger partial charge in [0.2, 0.25) is 0 Å². The van der Waals surface area contributed by atoms with Gasteiger partial charge in [-0.3, -0.25) is 0 Å². The molecule has 0 aliphatic carbocycles. The van der Waals surface area contributed by atoms with Crippen molar-refractivity contribution in [1.82, 2.24) is 4.57 Å². The number of esters is 1. The maximum atomic E-state index is 12.8. The van der Waals surface area contributed by atoms with Crippen LogP contribution in [0.3, 0.4) is 0 Å². The van der Waals surface area contributed by atoms with E-state index in [4.69, 9.17) is 4.74 Å². The SMILES string of the molecule is CCCCOC(=O)c1cc2ccccc2c2c3cc(Br)ccc3n(C)c12. The number of rotatable bonds is 4. The Morgan fingerprint density at radius 3 is 2.73 bits per heavy atom. The molecular weight excluding hydrogens is 390 g/mol. The van der Waals surface area contributed by atoms with E-state index in [9.17, 15) is 4.79 Å². The maximum absolute atomic E-state index is 12.8. The lowest BCUT2D eigenvalue weighted by molar-refractivity contribution is 0.0502. The van der Waals surface area contributed by atoms with Crippen LogP contribution >= 0.6 is 15.9 Å². The Morgan fingerprint density at radius 1 is 1.12 bits per heavy atom. The highest BCUT2D eigenvalue weighted by atomic mass is 79.9. The van der Waals surface area contributed by atoms with Gasteiger partial charge in [0.05, 0.1) is 17.7 Å². The Balaban J connectivity index is 2.08. The molecule has 0 atom stereocenters. The number of nitrogens with zero attached hydrogens (tertiary/aromatic N) is 1. The third-order valence-corrected chi connectivity index (χ3v) is 5.39. The number of ether oxygens (including phenoxy) is 1. The smallest absolute Gasteiger partial charge is 0.340 e. The highest BCUT2D eigenvalue weighted by molar-refractivity contribution is 9.10. The van der Waals surface area contributed by atoms with E-state index in [1.54, 1.807) is 0 Å². The van der Waals surface area contributed by atoms with Gasteiger partial charge in [0.25, 0.3) is 0 Å². The second kappa shape index (κ2) is 6.76. The minimum absolute atomic E-state index is 0.251. The van der Waals surface area contributed by atoms with E-state index in [2.05, 4.69) is 51.7 Å². The lowest BCUT2D eigenvalue weighted by atomic mass is 10.00. The predicted molar refractivity (Wildman–Crippen MR) is 111 cm³/mol. The van der Waals surface area contributed by atoms with Crippen LogP contribution in [0.5, 0.6) is 0 Å². The molecule has 0 aliphatic heterocycles. The first-order valence-corrected chi connectivity index (χ1v) is 9.67. The molecule has 0 saturated heterocycles. The summed E-state index contributed by atoms with van der Waals surface area (Å²) in [7, 11) is 2.01. The quantitative estimate of drug-likeness (QED) is 0.296. The van der Waals surface area contributed by atoms with Gasteiger partial charge < -0.3 is 9.30 Å². The summed E-state index contributed by atoms with van der Waals surface area (Å²) in [6.45, 7) is 2.54. The van der Waals surface area contributed by atoms with Gasteiger partial charge in [-0.05, 0) is 41.5 Å². The molecule has 0 amide bonds. The summed E-state index contributed by atoms with van der Waals surface area (Å²) in [5.41, 5.74) is 2.66. The van der Waals surface area contributed by atoms with Gasteiger partial charge in [-0.25, -0.2) is 4.79 Å². The molecule has 4 aromatic rings. The number of fused-ring (bicyclic) bond motifs is 5. The fraction of sp³-hybridized carbons (Fsp3) is 0.227. The molecule has 1 heterocycles. The van der Waals surface area contributed by atoms with Gasteiger partial charge >= 0.3 is 5.97 Å². The van der Waals surface area contributed by atoms with Crippen molar-refractivity contribution in [3.63, 3.8) is 0 Å². The van der Waals surface area contributed by atoms with Gasteiger partial charge in [-0.2, -0.15) is 0 Å². The molecule has 0 N–H and O–H groups in total. The Morgan fingerprint density at radius 2 is 1.92 bits per heavy atom. The van der Waals surface area contributed by atoms with Crippen molar-refractivity contribution in [2.24, 2.45) is 7.05 Å². The Bertz CT molecular complexity index is 1140. The Kier molecular flexibility index (Phi) is 4.45. The van der Waals surface area contributed by atoms with E-state index < -0.39 is 0 Å². The number of carbonyl (C=O) groups excluding carboxylic acids is 1. The first kappa shape index (κ1) is 17.1. The number of unbranched alkanes of at least 4 members (excludes halogenated alkanes) is 1. The Hall–Kier alpha value is -2.33. The normalized spacial score (nSPS) is 11.5. The Labute approximate surface area is 160 Å². The zero-order chi connectivity index (χ0) is 18.3. The molecule has 132 valence electrons. The molecule has 4 heteroatoms. The molecule has 0 aliphatic rings. The van der Waals surface area contributed by atoms with Crippen molar-refractivity contribution >= 4 is 54.5 Å². The van der Waals surface area contributed by atoms with Crippen molar-refractivity contribution in [2.45, 2.75) is 19.8 Å². The van der Waals surface area contributed by atoms with Crippen molar-refractivity contribution in [1.29, 1.82) is 0 Å². The third-order valence-electron chi connectivity index (χ3n) is 4.90. The van der Waals surface area contributed by atoms with Crippen LogP contribution in [0, 0.1) is 0 Å². The summed E-state index contributed by atoms with van der Waals surface area (Å²) in [6.07, 6.45) is 1.88. The van der Waals surface area contributed by atoms with Crippen molar-refractivity contribution in [2.75, 3.05) is 6.61 Å². The summed E-state index contributed by atoms with van der Waals surface area (Å²) in [5, 5.41) is 4.44. The summed E-state index contributed by atoms with van der Waals surface area (Å²) < 4.78 is 8.66. The number of carbonyl (C=O) groups is 1. The fourth-order valence-electron chi connectivity index (χ4n) is 3.62. The number of hydrogen-bond acceptors (Lipinski definition) is 2. The van der Waals surface area contributed by atoms with E-state index in [-0.39, 0.29) is 5.97 Å². The molecular formula is C22H20BrNO2. The van der Waals surface area contributed by atoms with Gasteiger partial charge in [-0.15, -0.1) is 0 Å². The molecule has 0 bridgehead atoms. The monoisotopic (exact) mass is 409 g/mol. The molecule has 4 rings (SSSR count). The van der Waals surface area contributed by atoms with E-state index in [1.165, 1.54) is 0 Å². The van der Waals surface area contributed by atoms with Gasteiger partial charge in [0.1, 0.15) is 0 Å². The van der Waals surface area contributed by atoms with E-state index in [0.29, 0.717) is 12.2 Å². The molecule has 3 aromatic carbocycles. The van der Waals surface area contributed by atoms with Crippen LogP contribution in [-0.2, 0) is 11.8 Å². The fourth-order valence-corrected chi connectivity index (χ4v) is 3.98. The van der Waals surface area contributed by atoms with Gasteiger partial charge in [0, 0.05) is 27.8 Å². The van der Waals surface area contributed by atoms with Crippen molar-refractivity contribution < 1.29 is 9.53 Å². The minimum atomic E-state index is -0.251. The van der Waals surface area contributed by atoms with Gasteiger partial charge in [-0.1, -0.05) is 53.5 Å². The number of aryl methyl sites for hydroxylation is 1. The largest absolute Gasteiger partial charge is 0.462 e. The van der Waals surface area contributed by atoms with Crippen LogP contribution in [0.4, 0.5) is 0 Å². The highest BCUT2D eigenvalue weighted by Crippen LogP contribution is 2.37. The van der Waals surface area contributed by atoms with E-state index in [1.807, 2.05) is 31.3 Å². The molecule has 26 heavy (non-hydrogen) atoms. The van der Waals surface area contributed by atoms with E-state index in [0.717, 1.165) is 49.9 Å². The first-order valence-electron chi connectivity index (χ1n) is 8.88. The summed E-state index contributed by atoms with van der Waals surface area (Å²) in [5.74, 6) is -0.251. The maximum Gasteiger partial charge on any atom is 0.340 e. The topological polar surface area (TPSA) is 31.2 Å². The average molecular weight is 410 g/mol. The molecule has 0 spiro atoms. The standard InChI is InChI=1S/C22H20BrNO2/c1-3-4-11-26-22(25)18-12-14-7-5-6-8-16(14)20-17-13-15(23)9-10-19(17)24(2)21(18)20/h5-10,12-13H,3-4,11H2,1-2H3. The number of aromatic nitrogens is 1. The number of benzene rings is 3. The van der Waals surface area contributed by atoms with Crippen LogP contribution in [0.1, 0.15) is 30.1 Å². The summed E-state index contributed by atoms with van der Waals surface area (Å²) in [6, 6.07) is 16.4. The summed E-state index contributed by atoms with van der Waals surface area (Å²) in [4.78, 5) is 12.8. The van der Waals surface area contributed by atoms with Gasteiger partial charge in [0.15, 0.2) is 0 Å². The molecule has 3 nitrogen and oxygen atoms in total. The minimum Gasteiger partial charge on any atom is -0.462 e. The second-order valence-corrected chi connectivity index (χ2v) is 7.49. The van der Waals surface area contributed by atoms with Crippen LogP contribution in [0.15, 0.2) is 53.0 Å². The van der Waals surface area contributed by atoms with Crippen LogP contribution in [0.25, 0.3) is 32.6 Å². The average Bonchev–Trinajstić information content (AvgIpc) is 2.94. The molecule has 1 aromatic heterocycles. The third kappa shape index (κ3) is 2.69. The number of hydrogen-bond donors (Lipinski definition) is 0. The van der Waals surface area contributed by atoms with Crippen molar-refractivity contribution in [3.8, 4) is 0 Å². The van der Waals surface area contributed by atoms with Crippen LogP contribution < -0.4 is 0 Å². The lowest BCUT2D eigenvalue weighted by Crippen LogP contribution is -2.08. The molecule has 0 saturated carbocycles. The van der Waals surface area contributed by atoms with Crippen molar-refractivity contribution in [3.05, 3.63) is 58.6 Å². The lowest BCUT2D eigenvalue weighted by Gasteiger charge is -2.10. The predicted octanol–water partition coefficient (Wildman–Crippen LogP) is 6.20. The summed E-state index contributed by atoms with van der Waals surface area (Å²) >= 11 is 3.58. The molecule has 0 radical (unpaired) electrons.